The van der Waals surface area contributed by atoms with Crippen molar-refractivity contribution in [2.24, 2.45) is 4.99 Å². The van der Waals surface area contributed by atoms with E-state index in [4.69, 9.17) is 4.52 Å². The maximum Gasteiger partial charge on any atom is 0.348 e. The number of alkyl halides is 1. The number of hydrogen-bond donors (Lipinski definition) is 1. The molecule has 1 aliphatic carbocycles. The number of anilines is 2. The quantitative estimate of drug-likeness (QED) is 0.612. The minimum Gasteiger partial charge on any atom is -0.382 e. The third kappa shape index (κ3) is 1.84. The number of hydrogen-bond acceptors (Lipinski definition) is 10. The van der Waals surface area contributed by atoms with Crippen molar-refractivity contribution >= 4 is 18.0 Å². The van der Waals surface area contributed by atoms with E-state index in [1.807, 2.05) is 24.4 Å². The molecule has 10 nitrogen and oxygen atoms in total. The summed E-state index contributed by atoms with van der Waals surface area (Å²) < 4.78 is 20.3. The Labute approximate surface area is 158 Å². The maximum atomic E-state index is 15.0. The summed E-state index contributed by atoms with van der Waals surface area (Å²) in [4.78, 5) is 11.2. The lowest BCUT2D eigenvalue weighted by molar-refractivity contribution is 0.137. The Morgan fingerprint density at radius 2 is 2.14 bits per heavy atom. The van der Waals surface area contributed by atoms with Gasteiger partial charge in [-0.3, -0.25) is 4.90 Å². The lowest BCUT2D eigenvalue weighted by Crippen LogP contribution is -2.48. The van der Waals surface area contributed by atoms with Crippen LogP contribution < -0.4 is 9.91 Å². The molecule has 0 bridgehead atoms. The van der Waals surface area contributed by atoms with Crippen molar-refractivity contribution in [3.63, 3.8) is 0 Å². The third-order valence-electron chi connectivity index (χ3n) is 5.30. The van der Waals surface area contributed by atoms with E-state index in [0.29, 0.717) is 24.4 Å². The first kappa shape index (κ1) is 15.4. The number of para-hydroxylation sites is 1. The molecular weight excluding hydrogens is 367 g/mol. The predicted octanol–water partition coefficient (Wildman–Crippen LogP) is 1.48. The van der Waals surface area contributed by atoms with Crippen LogP contribution in [0, 0.1) is 11.5 Å². The highest BCUT2D eigenvalue weighted by Gasteiger charge is 2.50. The van der Waals surface area contributed by atoms with E-state index in [1.165, 1.54) is 22.4 Å². The molecule has 2 aromatic rings. The number of nitrogens with zero attached hydrogens (tertiary/aromatic N) is 8. The van der Waals surface area contributed by atoms with Gasteiger partial charge in [0.05, 0.1) is 11.9 Å². The van der Waals surface area contributed by atoms with E-state index in [-0.39, 0.29) is 11.8 Å². The molecule has 0 radical (unpaired) electrons. The number of aliphatic imine (C=N–C) groups is 1. The van der Waals surface area contributed by atoms with Gasteiger partial charge in [-0.15, -0.1) is 0 Å². The summed E-state index contributed by atoms with van der Waals surface area (Å²) in [5.41, 5.74) is 0.381. The summed E-state index contributed by atoms with van der Waals surface area (Å²) in [5.74, 6) is 0.635. The Balaban J connectivity index is 1.46. The van der Waals surface area contributed by atoms with Crippen LogP contribution in [0.4, 0.5) is 16.1 Å². The van der Waals surface area contributed by atoms with Gasteiger partial charge in [0, 0.05) is 5.56 Å². The molecule has 28 heavy (non-hydrogen) atoms. The minimum atomic E-state index is -1.67. The van der Waals surface area contributed by atoms with Crippen molar-refractivity contribution in [2.45, 2.75) is 31.0 Å². The lowest BCUT2D eigenvalue weighted by atomic mass is 10.1. The fourth-order valence-electron chi connectivity index (χ4n) is 3.68. The first-order valence-corrected chi connectivity index (χ1v) is 8.71. The summed E-state index contributed by atoms with van der Waals surface area (Å²) in [6, 6.07) is 7.42. The van der Waals surface area contributed by atoms with Crippen molar-refractivity contribution in [3.8, 4) is 6.19 Å². The summed E-state index contributed by atoms with van der Waals surface area (Å²) in [7, 11) is 0. The maximum absolute atomic E-state index is 15.0. The van der Waals surface area contributed by atoms with Gasteiger partial charge >= 0.3 is 6.01 Å². The van der Waals surface area contributed by atoms with Gasteiger partial charge in [-0.25, -0.2) is 14.9 Å². The molecule has 140 valence electrons. The van der Waals surface area contributed by atoms with Crippen LogP contribution in [0.3, 0.4) is 0 Å². The van der Waals surface area contributed by atoms with Gasteiger partial charge in [0.1, 0.15) is 11.9 Å². The Morgan fingerprint density at radius 1 is 1.32 bits per heavy atom. The summed E-state index contributed by atoms with van der Waals surface area (Å²) in [5, 5.41) is 26.6. The monoisotopic (exact) mass is 380 g/mol. The van der Waals surface area contributed by atoms with Crippen molar-refractivity contribution in [3.05, 3.63) is 47.7 Å². The molecule has 11 heteroatoms. The molecule has 0 spiro atoms. The fraction of sp³-hybridized carbons (Fsp3) is 0.294. The number of nitriles is 1. The van der Waals surface area contributed by atoms with E-state index >= 15 is 0 Å². The zero-order chi connectivity index (χ0) is 19.0. The number of rotatable bonds is 2. The molecule has 1 fully saturated rings. The van der Waals surface area contributed by atoms with Gasteiger partial charge in [0.2, 0.25) is 5.82 Å². The van der Waals surface area contributed by atoms with Gasteiger partial charge in [0.25, 0.3) is 6.42 Å². The Kier molecular flexibility index (Phi) is 2.75. The molecule has 1 saturated carbocycles. The zero-order valence-corrected chi connectivity index (χ0v) is 14.3. The van der Waals surface area contributed by atoms with Crippen LogP contribution in [0.15, 0.2) is 45.8 Å². The standard InChI is InChI=1S/C17H13FN8O2/c18-15-23(8-19)7-12-25(15)11-4-2-1-3-10(11)13-20-9-24(26(12)13)16-21-14(22-28-16)17(27)5-6-17/h1-4,7,9,13,15,27H,5-6H2. The topological polar surface area (TPSA) is 108 Å². The molecule has 1 N–H and O–H groups in total. The number of aliphatic hydroxyl groups is 1. The number of halogens is 1. The molecule has 6 rings (SSSR count). The van der Waals surface area contributed by atoms with Gasteiger partial charge in [-0.2, -0.15) is 19.6 Å². The van der Waals surface area contributed by atoms with Crippen LogP contribution in [0.1, 0.15) is 30.4 Å². The Hall–Kier alpha value is -3.65. The van der Waals surface area contributed by atoms with Crippen molar-refractivity contribution in [1.82, 2.24) is 20.0 Å². The first-order valence-electron chi connectivity index (χ1n) is 8.71. The average Bonchev–Trinajstić information content (AvgIpc) is 3.11. The molecule has 0 amide bonds. The number of aromatic nitrogens is 2. The van der Waals surface area contributed by atoms with Gasteiger partial charge < -0.3 is 9.63 Å². The highest BCUT2D eigenvalue weighted by Crippen LogP contribution is 2.49. The number of fused-ring (bicyclic) bond motifs is 6. The normalized spacial score (nSPS) is 26.0. The van der Waals surface area contributed by atoms with Crippen LogP contribution >= 0.6 is 0 Å². The molecule has 4 aliphatic rings. The van der Waals surface area contributed by atoms with Gasteiger partial charge in [-0.1, -0.05) is 23.4 Å². The smallest absolute Gasteiger partial charge is 0.348 e. The largest absolute Gasteiger partial charge is 0.382 e. The van der Waals surface area contributed by atoms with Crippen molar-refractivity contribution in [2.75, 3.05) is 9.91 Å². The van der Waals surface area contributed by atoms with Crippen LogP contribution in [0.2, 0.25) is 0 Å². The highest BCUT2D eigenvalue weighted by atomic mass is 19.1. The van der Waals surface area contributed by atoms with Crippen LogP contribution in [-0.4, -0.2) is 37.9 Å². The summed E-state index contributed by atoms with van der Waals surface area (Å²) in [6.07, 6.45) is 3.80. The number of benzene rings is 1. The summed E-state index contributed by atoms with van der Waals surface area (Å²) in [6.45, 7) is 0. The molecule has 1 aromatic carbocycles. The van der Waals surface area contributed by atoms with Crippen molar-refractivity contribution < 1.29 is 14.0 Å². The summed E-state index contributed by atoms with van der Waals surface area (Å²) >= 11 is 0. The highest BCUT2D eigenvalue weighted by molar-refractivity contribution is 5.79. The second-order valence-corrected chi connectivity index (χ2v) is 6.99. The van der Waals surface area contributed by atoms with Gasteiger partial charge in [-0.05, 0) is 18.9 Å². The molecule has 4 heterocycles. The predicted molar refractivity (Wildman–Crippen MR) is 92.3 cm³/mol. The van der Waals surface area contributed by atoms with E-state index in [0.717, 1.165) is 10.5 Å². The molecule has 2 unspecified atom stereocenters. The third-order valence-corrected chi connectivity index (χ3v) is 5.30. The Morgan fingerprint density at radius 3 is 2.93 bits per heavy atom. The number of hydrazine groups is 1. The second-order valence-electron chi connectivity index (χ2n) is 6.99. The SMILES string of the molecule is N#CN1C=C2N(c3ccccc3C3N=CN(c4nc(C5(O)CC5)no4)N23)C1F. The molecule has 1 aromatic heterocycles. The van der Waals surface area contributed by atoms with E-state index < -0.39 is 18.2 Å². The fourth-order valence-corrected chi connectivity index (χ4v) is 3.68. The minimum absolute atomic E-state index is 0.104. The van der Waals surface area contributed by atoms with E-state index in [1.54, 1.807) is 11.1 Å². The van der Waals surface area contributed by atoms with Gasteiger partial charge in [0.15, 0.2) is 18.2 Å². The molecule has 2 atom stereocenters. The molecule has 3 aliphatic heterocycles. The lowest BCUT2D eigenvalue weighted by Gasteiger charge is -2.41. The zero-order valence-electron chi connectivity index (χ0n) is 14.3. The van der Waals surface area contributed by atoms with E-state index in [9.17, 15) is 14.8 Å². The molecule has 0 saturated heterocycles. The Bertz CT molecular complexity index is 1090. The first-order chi connectivity index (χ1) is 13.6. The second kappa shape index (κ2) is 4.99. The molecular formula is C17H13FN8O2. The van der Waals surface area contributed by atoms with Crippen molar-refractivity contribution in [1.29, 1.82) is 5.26 Å². The average molecular weight is 380 g/mol. The van der Waals surface area contributed by atoms with Crippen LogP contribution in [0.5, 0.6) is 0 Å². The van der Waals surface area contributed by atoms with Crippen LogP contribution in [-0.2, 0) is 5.60 Å². The van der Waals surface area contributed by atoms with E-state index in [2.05, 4.69) is 15.1 Å². The van der Waals surface area contributed by atoms with Crippen LogP contribution in [0.25, 0.3) is 0 Å².